The Morgan fingerprint density at radius 2 is 0.925 bits per heavy atom. The van der Waals surface area contributed by atoms with E-state index in [0.717, 1.165) is 64.2 Å². The lowest BCUT2D eigenvalue weighted by Crippen LogP contribution is -2.46. The zero-order valence-corrected chi connectivity index (χ0v) is 35.4. The number of hydrogen-bond acceptors (Lipinski definition) is 5. The highest BCUT2D eigenvalue weighted by Gasteiger charge is 2.24. The molecule has 0 rings (SSSR count). The summed E-state index contributed by atoms with van der Waals surface area (Å²) in [5.41, 5.74) is 0. The van der Waals surface area contributed by atoms with E-state index in [-0.39, 0.29) is 24.9 Å². The van der Waals surface area contributed by atoms with Crippen LogP contribution in [0.25, 0.3) is 0 Å². The normalized spacial score (nSPS) is 13.5. The fraction of sp³-hybridized carbons (Fsp3) is 0.872. The molecule has 0 aromatic rings. The molecule has 3 unspecified atom stereocenters. The Kier molecular flexibility index (Phi) is 40.2. The molecule has 3 N–H and O–H groups in total. The van der Waals surface area contributed by atoms with Gasteiger partial charge in [0.15, 0.2) is 0 Å². The number of esters is 1. The molecule has 1 amide bonds. The van der Waals surface area contributed by atoms with Crippen molar-refractivity contribution < 1.29 is 24.5 Å². The summed E-state index contributed by atoms with van der Waals surface area (Å²) in [6.07, 6.45) is 45.3. The van der Waals surface area contributed by atoms with Crippen molar-refractivity contribution in [1.29, 1.82) is 0 Å². The van der Waals surface area contributed by atoms with Gasteiger partial charge in [-0.25, -0.2) is 0 Å². The average molecular weight is 748 g/mol. The summed E-state index contributed by atoms with van der Waals surface area (Å²) in [7, 11) is 0. The fourth-order valence-electron chi connectivity index (χ4n) is 6.95. The van der Waals surface area contributed by atoms with Crippen LogP contribution in [0.1, 0.15) is 239 Å². The summed E-state index contributed by atoms with van der Waals surface area (Å²) in [4.78, 5) is 25.9. The quantitative estimate of drug-likeness (QED) is 0.0329. The SMILES string of the molecule is CCCCCCCC/C=C\CCCCCC(=O)OC(CCC/C=C\CCCCCCCCC)CC(=O)NC(CO)C(O)CCCCCCCCCCC. The van der Waals surface area contributed by atoms with Crippen LogP contribution in [-0.2, 0) is 14.3 Å². The fourth-order valence-corrected chi connectivity index (χ4v) is 6.95. The Morgan fingerprint density at radius 3 is 1.38 bits per heavy atom. The summed E-state index contributed by atoms with van der Waals surface area (Å²) in [5, 5.41) is 23.6. The second-order valence-corrected chi connectivity index (χ2v) is 15.8. The Balaban J connectivity index is 4.64. The van der Waals surface area contributed by atoms with Gasteiger partial charge < -0.3 is 20.3 Å². The van der Waals surface area contributed by atoms with Gasteiger partial charge in [-0.05, 0) is 70.6 Å². The molecule has 0 aliphatic heterocycles. The van der Waals surface area contributed by atoms with E-state index >= 15 is 0 Å². The van der Waals surface area contributed by atoms with Gasteiger partial charge in [-0.1, -0.05) is 180 Å². The van der Waals surface area contributed by atoms with Crippen LogP contribution in [0.15, 0.2) is 24.3 Å². The van der Waals surface area contributed by atoms with Gasteiger partial charge >= 0.3 is 5.97 Å². The van der Waals surface area contributed by atoms with Gasteiger partial charge in [-0.3, -0.25) is 9.59 Å². The lowest BCUT2D eigenvalue weighted by molar-refractivity contribution is -0.151. The molecular weight excluding hydrogens is 659 g/mol. The monoisotopic (exact) mass is 748 g/mol. The van der Waals surface area contributed by atoms with Crippen molar-refractivity contribution in [2.24, 2.45) is 0 Å². The zero-order valence-electron chi connectivity index (χ0n) is 35.4. The largest absolute Gasteiger partial charge is 0.462 e. The second-order valence-electron chi connectivity index (χ2n) is 15.8. The van der Waals surface area contributed by atoms with Gasteiger partial charge in [0.05, 0.1) is 25.2 Å². The molecule has 312 valence electrons. The Hall–Kier alpha value is -1.66. The minimum absolute atomic E-state index is 0.0537. The summed E-state index contributed by atoms with van der Waals surface area (Å²) in [6, 6.07) is -0.706. The van der Waals surface area contributed by atoms with Crippen LogP contribution >= 0.6 is 0 Å². The van der Waals surface area contributed by atoms with Crippen LogP contribution in [0.5, 0.6) is 0 Å². The van der Waals surface area contributed by atoms with Crippen molar-refractivity contribution in [3.8, 4) is 0 Å². The molecule has 6 nitrogen and oxygen atoms in total. The highest BCUT2D eigenvalue weighted by atomic mass is 16.5. The molecule has 0 heterocycles. The topological polar surface area (TPSA) is 95.9 Å². The lowest BCUT2D eigenvalue weighted by Gasteiger charge is -2.24. The highest BCUT2D eigenvalue weighted by Crippen LogP contribution is 2.16. The predicted molar refractivity (Wildman–Crippen MR) is 227 cm³/mol. The standard InChI is InChI=1S/C47H89NO5/c1-4-7-10-13-16-19-21-23-25-28-31-34-37-40-47(52)53-43(38-35-32-29-27-24-22-20-17-14-11-8-5-2)41-46(51)48-44(42-49)45(50)39-36-33-30-26-18-15-12-9-6-3/h23,25,27,29,43-45,49-50H,4-22,24,26,28,30-42H2,1-3H3,(H,48,51)/b25-23-,29-27-. The third-order valence-corrected chi connectivity index (χ3v) is 10.5. The lowest BCUT2D eigenvalue weighted by atomic mass is 10.0. The number of carbonyl (C=O) groups excluding carboxylic acids is 2. The third-order valence-electron chi connectivity index (χ3n) is 10.5. The van der Waals surface area contributed by atoms with Gasteiger partial charge in [-0.2, -0.15) is 0 Å². The molecule has 53 heavy (non-hydrogen) atoms. The number of hydrogen-bond donors (Lipinski definition) is 3. The van der Waals surface area contributed by atoms with E-state index in [1.54, 1.807) is 0 Å². The van der Waals surface area contributed by atoms with E-state index < -0.39 is 18.2 Å². The Labute approximate surface area is 329 Å². The van der Waals surface area contributed by atoms with Crippen LogP contribution in [0.2, 0.25) is 0 Å². The minimum Gasteiger partial charge on any atom is -0.462 e. The third kappa shape index (κ3) is 37.1. The van der Waals surface area contributed by atoms with E-state index in [1.807, 2.05) is 0 Å². The van der Waals surface area contributed by atoms with E-state index in [4.69, 9.17) is 4.74 Å². The first kappa shape index (κ1) is 51.3. The zero-order chi connectivity index (χ0) is 38.9. The maximum atomic E-state index is 13.1. The van der Waals surface area contributed by atoms with Crippen molar-refractivity contribution in [3.63, 3.8) is 0 Å². The minimum atomic E-state index is -0.790. The van der Waals surface area contributed by atoms with Crippen LogP contribution in [0.3, 0.4) is 0 Å². The number of carbonyl (C=O) groups is 2. The maximum Gasteiger partial charge on any atom is 0.306 e. The molecule has 0 aliphatic carbocycles. The summed E-state index contributed by atoms with van der Waals surface area (Å²) in [5.74, 6) is -0.518. The van der Waals surface area contributed by atoms with Crippen molar-refractivity contribution in [1.82, 2.24) is 5.32 Å². The smallest absolute Gasteiger partial charge is 0.306 e. The predicted octanol–water partition coefficient (Wildman–Crippen LogP) is 13.2. The first-order valence-electron chi connectivity index (χ1n) is 23.1. The van der Waals surface area contributed by atoms with Gasteiger partial charge in [0, 0.05) is 6.42 Å². The number of ether oxygens (including phenoxy) is 1. The van der Waals surface area contributed by atoms with Crippen molar-refractivity contribution in [2.45, 2.75) is 257 Å². The molecule has 0 saturated heterocycles. The molecule has 0 spiro atoms. The van der Waals surface area contributed by atoms with Crippen molar-refractivity contribution in [3.05, 3.63) is 24.3 Å². The maximum absolute atomic E-state index is 13.1. The molecule has 0 radical (unpaired) electrons. The van der Waals surface area contributed by atoms with E-state index in [0.29, 0.717) is 19.3 Å². The number of unbranched alkanes of at least 4 members (excludes halogenated alkanes) is 25. The second kappa shape index (κ2) is 41.5. The first-order chi connectivity index (χ1) is 26.0. The number of amides is 1. The van der Waals surface area contributed by atoms with E-state index in [2.05, 4.69) is 50.4 Å². The van der Waals surface area contributed by atoms with Crippen LogP contribution in [0, 0.1) is 0 Å². The van der Waals surface area contributed by atoms with Crippen LogP contribution in [-0.4, -0.2) is 46.9 Å². The van der Waals surface area contributed by atoms with Crippen molar-refractivity contribution in [2.75, 3.05) is 6.61 Å². The number of aliphatic hydroxyl groups is 2. The van der Waals surface area contributed by atoms with Gasteiger partial charge in [-0.15, -0.1) is 0 Å². The molecule has 0 saturated carbocycles. The van der Waals surface area contributed by atoms with Crippen LogP contribution < -0.4 is 5.32 Å². The molecule has 0 aromatic heterocycles. The molecule has 0 aliphatic rings. The Bertz CT molecular complexity index is 843. The molecule has 0 fully saturated rings. The number of nitrogens with one attached hydrogen (secondary N) is 1. The number of aliphatic hydroxyl groups excluding tert-OH is 2. The van der Waals surface area contributed by atoms with E-state index in [1.165, 1.54) is 128 Å². The summed E-state index contributed by atoms with van der Waals surface area (Å²) >= 11 is 0. The number of rotatable bonds is 41. The average Bonchev–Trinajstić information content (AvgIpc) is 3.15. The van der Waals surface area contributed by atoms with E-state index in [9.17, 15) is 19.8 Å². The first-order valence-corrected chi connectivity index (χ1v) is 23.1. The summed E-state index contributed by atoms with van der Waals surface area (Å²) < 4.78 is 5.87. The molecule has 6 heteroatoms. The highest BCUT2D eigenvalue weighted by molar-refractivity contribution is 5.77. The molecule has 0 aromatic carbocycles. The number of allylic oxidation sites excluding steroid dienone is 4. The van der Waals surface area contributed by atoms with Crippen LogP contribution in [0.4, 0.5) is 0 Å². The molecule has 0 bridgehead atoms. The molecule has 3 atom stereocenters. The molecular formula is C47H89NO5. The van der Waals surface area contributed by atoms with Crippen molar-refractivity contribution >= 4 is 11.9 Å². The summed E-state index contributed by atoms with van der Waals surface area (Å²) in [6.45, 7) is 6.43. The Morgan fingerprint density at radius 1 is 0.528 bits per heavy atom. The van der Waals surface area contributed by atoms with Gasteiger partial charge in [0.2, 0.25) is 5.91 Å². The van der Waals surface area contributed by atoms with Gasteiger partial charge in [0.1, 0.15) is 6.10 Å². The van der Waals surface area contributed by atoms with Gasteiger partial charge in [0.25, 0.3) is 0 Å².